The van der Waals surface area contributed by atoms with Crippen LogP contribution in [0.25, 0.3) is 0 Å². The lowest BCUT2D eigenvalue weighted by atomic mass is 10.2. The monoisotopic (exact) mass is 378 g/mol. The zero-order valence-corrected chi connectivity index (χ0v) is 15.9. The number of amides is 1. The number of ether oxygens (including phenoxy) is 3. The molecule has 0 aliphatic heterocycles. The van der Waals surface area contributed by atoms with Crippen LogP contribution in [0.2, 0.25) is 5.02 Å². The number of nitrogens with one attached hydrogen (secondary N) is 1. The van der Waals surface area contributed by atoms with Crippen molar-refractivity contribution in [2.24, 2.45) is 0 Å². The van der Waals surface area contributed by atoms with Gasteiger partial charge in [0.15, 0.2) is 0 Å². The SMILES string of the molecule is COc1cc(NC(=O)CN(C)CCOc2ccc(Cl)cc2)cc(OC)c1. The number of halogens is 1. The number of likely N-dealkylation sites (N-methyl/N-ethyl adjacent to an activating group) is 1. The molecular formula is C19H23ClN2O4. The normalized spacial score (nSPS) is 10.5. The maximum Gasteiger partial charge on any atom is 0.238 e. The summed E-state index contributed by atoms with van der Waals surface area (Å²) in [5, 5.41) is 3.51. The summed E-state index contributed by atoms with van der Waals surface area (Å²) in [5.74, 6) is 1.85. The number of methoxy groups -OCH3 is 2. The molecule has 26 heavy (non-hydrogen) atoms. The van der Waals surface area contributed by atoms with Gasteiger partial charge in [-0.15, -0.1) is 0 Å². The second-order valence-electron chi connectivity index (χ2n) is 5.69. The number of hydrogen-bond donors (Lipinski definition) is 1. The van der Waals surface area contributed by atoms with Crippen LogP contribution in [-0.2, 0) is 4.79 Å². The van der Waals surface area contributed by atoms with E-state index in [-0.39, 0.29) is 12.5 Å². The lowest BCUT2D eigenvalue weighted by Crippen LogP contribution is -2.33. The molecule has 2 aromatic carbocycles. The molecule has 7 heteroatoms. The second kappa shape index (κ2) is 9.89. The lowest BCUT2D eigenvalue weighted by Gasteiger charge is -2.17. The van der Waals surface area contributed by atoms with E-state index in [1.54, 1.807) is 44.6 Å². The van der Waals surface area contributed by atoms with Gasteiger partial charge >= 0.3 is 0 Å². The van der Waals surface area contributed by atoms with Crippen LogP contribution in [0.5, 0.6) is 17.2 Å². The number of anilines is 1. The van der Waals surface area contributed by atoms with Crippen LogP contribution in [0.15, 0.2) is 42.5 Å². The fourth-order valence-corrected chi connectivity index (χ4v) is 2.38. The van der Waals surface area contributed by atoms with Crippen molar-refractivity contribution in [3.8, 4) is 17.2 Å². The van der Waals surface area contributed by atoms with Gasteiger partial charge in [-0.1, -0.05) is 11.6 Å². The van der Waals surface area contributed by atoms with Gasteiger partial charge in [0.1, 0.15) is 23.9 Å². The molecule has 1 N–H and O–H groups in total. The van der Waals surface area contributed by atoms with Crippen LogP contribution in [0, 0.1) is 0 Å². The highest BCUT2D eigenvalue weighted by Crippen LogP contribution is 2.25. The summed E-state index contributed by atoms with van der Waals surface area (Å²) in [4.78, 5) is 14.1. The maximum absolute atomic E-state index is 12.2. The molecule has 0 radical (unpaired) electrons. The van der Waals surface area contributed by atoms with E-state index < -0.39 is 0 Å². The summed E-state index contributed by atoms with van der Waals surface area (Å²) in [6, 6.07) is 12.4. The zero-order chi connectivity index (χ0) is 18.9. The number of rotatable bonds is 9. The summed E-state index contributed by atoms with van der Waals surface area (Å²) in [6.45, 7) is 1.32. The maximum atomic E-state index is 12.2. The van der Waals surface area contributed by atoms with Crippen molar-refractivity contribution in [1.82, 2.24) is 4.90 Å². The molecule has 0 fully saturated rings. The Balaban J connectivity index is 1.78. The topological polar surface area (TPSA) is 60.0 Å². The Morgan fingerprint density at radius 1 is 1.04 bits per heavy atom. The number of nitrogens with zero attached hydrogens (tertiary/aromatic N) is 1. The van der Waals surface area contributed by atoms with Crippen molar-refractivity contribution in [3.05, 3.63) is 47.5 Å². The van der Waals surface area contributed by atoms with E-state index in [1.807, 2.05) is 24.1 Å². The minimum absolute atomic E-state index is 0.130. The van der Waals surface area contributed by atoms with Crippen molar-refractivity contribution in [1.29, 1.82) is 0 Å². The van der Waals surface area contributed by atoms with E-state index >= 15 is 0 Å². The minimum atomic E-state index is -0.130. The Labute approximate surface area is 158 Å². The van der Waals surface area contributed by atoms with Gasteiger partial charge in [-0.2, -0.15) is 0 Å². The molecular weight excluding hydrogens is 356 g/mol. The zero-order valence-electron chi connectivity index (χ0n) is 15.1. The molecule has 2 aromatic rings. The first-order chi connectivity index (χ1) is 12.5. The Kier molecular flexibility index (Phi) is 7.56. The second-order valence-corrected chi connectivity index (χ2v) is 6.13. The number of benzene rings is 2. The van der Waals surface area contributed by atoms with Gasteiger partial charge in [0, 0.05) is 35.5 Å². The molecule has 0 unspecified atom stereocenters. The largest absolute Gasteiger partial charge is 0.497 e. The number of hydrogen-bond acceptors (Lipinski definition) is 5. The Morgan fingerprint density at radius 2 is 1.65 bits per heavy atom. The number of carbonyl (C=O) groups is 1. The molecule has 0 heterocycles. The quantitative estimate of drug-likeness (QED) is 0.725. The van der Waals surface area contributed by atoms with Crippen molar-refractivity contribution in [3.63, 3.8) is 0 Å². The van der Waals surface area contributed by atoms with Crippen molar-refractivity contribution in [2.45, 2.75) is 0 Å². The summed E-state index contributed by atoms with van der Waals surface area (Å²) in [7, 11) is 4.99. The average molecular weight is 379 g/mol. The van der Waals surface area contributed by atoms with Crippen LogP contribution in [0.4, 0.5) is 5.69 Å². The van der Waals surface area contributed by atoms with Gasteiger partial charge < -0.3 is 19.5 Å². The molecule has 6 nitrogen and oxygen atoms in total. The highest BCUT2D eigenvalue weighted by Gasteiger charge is 2.09. The Hall–Kier alpha value is -2.44. The number of carbonyl (C=O) groups excluding carboxylic acids is 1. The van der Waals surface area contributed by atoms with E-state index in [9.17, 15) is 4.79 Å². The molecule has 0 aliphatic carbocycles. The van der Waals surface area contributed by atoms with Crippen LogP contribution >= 0.6 is 11.6 Å². The van der Waals surface area contributed by atoms with E-state index in [2.05, 4.69) is 5.32 Å². The van der Waals surface area contributed by atoms with E-state index in [1.165, 1.54) is 0 Å². The van der Waals surface area contributed by atoms with Crippen molar-refractivity contribution < 1.29 is 19.0 Å². The first-order valence-electron chi connectivity index (χ1n) is 8.10. The molecule has 0 aromatic heterocycles. The van der Waals surface area contributed by atoms with Gasteiger partial charge in [0.25, 0.3) is 0 Å². The molecule has 0 atom stereocenters. The summed E-state index contributed by atoms with van der Waals surface area (Å²) >= 11 is 5.83. The molecule has 0 saturated carbocycles. The van der Waals surface area contributed by atoms with Crippen LogP contribution < -0.4 is 19.5 Å². The van der Waals surface area contributed by atoms with Crippen molar-refractivity contribution >= 4 is 23.2 Å². The van der Waals surface area contributed by atoms with Crippen LogP contribution in [0.3, 0.4) is 0 Å². The molecule has 140 valence electrons. The van der Waals surface area contributed by atoms with E-state index in [0.717, 1.165) is 5.75 Å². The van der Waals surface area contributed by atoms with Gasteiger partial charge in [0.05, 0.1) is 20.8 Å². The van der Waals surface area contributed by atoms with E-state index in [4.69, 9.17) is 25.8 Å². The molecule has 2 rings (SSSR count). The third-order valence-electron chi connectivity index (χ3n) is 3.60. The molecule has 1 amide bonds. The average Bonchev–Trinajstić information content (AvgIpc) is 2.62. The standard InChI is InChI=1S/C19H23ClN2O4/c1-22(8-9-26-16-6-4-14(20)5-7-16)13-19(23)21-15-10-17(24-2)12-18(11-15)25-3/h4-7,10-12H,8-9,13H2,1-3H3,(H,21,23). The predicted molar refractivity (Wildman–Crippen MR) is 103 cm³/mol. The minimum Gasteiger partial charge on any atom is -0.497 e. The molecule has 0 bridgehead atoms. The summed E-state index contributed by atoms with van der Waals surface area (Å²) in [6.07, 6.45) is 0. The smallest absolute Gasteiger partial charge is 0.238 e. The predicted octanol–water partition coefficient (Wildman–Crippen LogP) is 3.31. The van der Waals surface area contributed by atoms with Crippen LogP contribution in [0.1, 0.15) is 0 Å². The van der Waals surface area contributed by atoms with Gasteiger partial charge in [-0.05, 0) is 31.3 Å². The first-order valence-corrected chi connectivity index (χ1v) is 8.48. The highest BCUT2D eigenvalue weighted by atomic mass is 35.5. The Morgan fingerprint density at radius 3 is 2.23 bits per heavy atom. The van der Waals surface area contributed by atoms with Gasteiger partial charge in [0.2, 0.25) is 5.91 Å². The van der Waals surface area contributed by atoms with Gasteiger partial charge in [-0.3, -0.25) is 9.69 Å². The fraction of sp³-hybridized carbons (Fsp3) is 0.316. The first kappa shape index (κ1) is 19.9. The Bertz CT molecular complexity index is 700. The fourth-order valence-electron chi connectivity index (χ4n) is 2.25. The molecule has 0 aliphatic rings. The lowest BCUT2D eigenvalue weighted by molar-refractivity contribution is -0.117. The molecule has 0 spiro atoms. The van der Waals surface area contributed by atoms with Crippen LogP contribution in [-0.4, -0.2) is 51.8 Å². The summed E-state index contributed by atoms with van der Waals surface area (Å²) < 4.78 is 16.0. The van der Waals surface area contributed by atoms with Gasteiger partial charge in [-0.25, -0.2) is 0 Å². The summed E-state index contributed by atoms with van der Waals surface area (Å²) in [5.41, 5.74) is 0.622. The molecule has 0 saturated heterocycles. The van der Waals surface area contributed by atoms with Crippen molar-refractivity contribution in [2.75, 3.05) is 46.3 Å². The third-order valence-corrected chi connectivity index (χ3v) is 3.86. The van der Waals surface area contributed by atoms with E-state index in [0.29, 0.717) is 35.4 Å². The highest BCUT2D eigenvalue weighted by molar-refractivity contribution is 6.30. The third kappa shape index (κ3) is 6.46.